The highest BCUT2D eigenvalue weighted by molar-refractivity contribution is 9.10. The van der Waals surface area contributed by atoms with E-state index in [0.717, 1.165) is 28.9 Å². The van der Waals surface area contributed by atoms with Crippen molar-refractivity contribution in [2.24, 2.45) is 0 Å². The summed E-state index contributed by atoms with van der Waals surface area (Å²) in [6.07, 6.45) is -0.315. The number of nitrogens with one attached hydrogen (secondary N) is 1. The average Bonchev–Trinajstić information content (AvgIpc) is 2.56. The highest BCUT2D eigenvalue weighted by Crippen LogP contribution is 2.34. The molecule has 0 amide bonds. The number of hydrogen-bond donors (Lipinski definition) is 1. The normalized spacial score (nSPS) is 18.5. The maximum atomic E-state index is 6.25. The van der Waals surface area contributed by atoms with Gasteiger partial charge in [0.15, 0.2) is 6.10 Å². The van der Waals surface area contributed by atoms with Crippen LogP contribution < -0.4 is 10.1 Å². The second-order valence-electron chi connectivity index (χ2n) is 5.28. The zero-order chi connectivity index (χ0) is 16.2. The first-order valence-electron chi connectivity index (χ1n) is 7.33. The first-order valence-corrected chi connectivity index (χ1v) is 8.88. The molecule has 0 unspecified atom stereocenters. The number of ether oxygens (including phenoxy) is 2. The summed E-state index contributed by atoms with van der Waals surface area (Å²) in [6.45, 7) is 2.26. The Hall–Kier alpha value is -0.490. The molecule has 1 heterocycles. The molecule has 0 aromatic heterocycles. The minimum atomic E-state index is -0.238. The quantitative estimate of drug-likeness (QED) is 0.683. The van der Waals surface area contributed by atoms with Crippen LogP contribution in [0, 0.1) is 0 Å². The Morgan fingerprint density at radius 3 is 2.46 bits per heavy atom. The minimum Gasteiger partial charge on any atom is -0.482 e. The Morgan fingerprint density at radius 2 is 1.83 bits per heavy atom. The highest BCUT2D eigenvalue weighted by Gasteiger charge is 2.28. The van der Waals surface area contributed by atoms with Gasteiger partial charge in [0.2, 0.25) is 0 Å². The molecule has 0 radical (unpaired) electrons. The molecule has 2 aromatic rings. The zero-order valence-corrected chi connectivity index (χ0v) is 16.6. The summed E-state index contributed by atoms with van der Waals surface area (Å²) in [7, 11) is 0. The van der Waals surface area contributed by atoms with Gasteiger partial charge in [-0.1, -0.05) is 35.3 Å². The van der Waals surface area contributed by atoms with Crippen molar-refractivity contribution in [1.82, 2.24) is 5.32 Å². The smallest absolute Gasteiger partial charge is 0.151 e. The molecule has 24 heavy (non-hydrogen) atoms. The summed E-state index contributed by atoms with van der Waals surface area (Å²) in [5.41, 5.74) is 1.02. The van der Waals surface area contributed by atoms with Gasteiger partial charge in [0.25, 0.3) is 0 Å². The lowest BCUT2D eigenvalue weighted by Crippen LogP contribution is -2.43. The molecule has 0 bridgehead atoms. The maximum Gasteiger partial charge on any atom is 0.151 e. The molecule has 7 heteroatoms. The summed E-state index contributed by atoms with van der Waals surface area (Å²) in [4.78, 5) is 0. The maximum absolute atomic E-state index is 6.25. The van der Waals surface area contributed by atoms with Crippen molar-refractivity contribution >= 4 is 51.5 Å². The molecule has 2 aromatic carbocycles. The van der Waals surface area contributed by atoms with Crippen molar-refractivity contribution in [1.29, 1.82) is 0 Å². The van der Waals surface area contributed by atoms with E-state index >= 15 is 0 Å². The number of hydrogen-bond acceptors (Lipinski definition) is 3. The van der Waals surface area contributed by atoms with Crippen molar-refractivity contribution in [2.75, 3.05) is 19.7 Å². The van der Waals surface area contributed by atoms with E-state index in [4.69, 9.17) is 32.7 Å². The molecule has 3 nitrogen and oxygen atoms in total. The predicted molar refractivity (Wildman–Crippen MR) is 104 cm³/mol. The SMILES string of the molecule is Cl.Clc1ccc([C@H](Oc2ccc(Cl)cc2Br)[C@@H]2CNCCO2)cc1. The van der Waals surface area contributed by atoms with Gasteiger partial charge in [0.1, 0.15) is 11.9 Å². The molecule has 130 valence electrons. The second kappa shape index (κ2) is 9.27. The zero-order valence-electron chi connectivity index (χ0n) is 12.7. The Kier molecular flexibility index (Phi) is 7.66. The molecule has 1 saturated heterocycles. The lowest BCUT2D eigenvalue weighted by molar-refractivity contribution is -0.0434. The second-order valence-corrected chi connectivity index (χ2v) is 7.01. The van der Waals surface area contributed by atoms with Crippen LogP contribution in [0.3, 0.4) is 0 Å². The van der Waals surface area contributed by atoms with Crippen molar-refractivity contribution < 1.29 is 9.47 Å². The summed E-state index contributed by atoms with van der Waals surface area (Å²) < 4.78 is 13.0. The summed E-state index contributed by atoms with van der Waals surface area (Å²) >= 11 is 15.5. The summed E-state index contributed by atoms with van der Waals surface area (Å²) in [5, 5.41) is 4.69. The Labute approximate surface area is 166 Å². The monoisotopic (exact) mass is 451 g/mol. The van der Waals surface area contributed by atoms with E-state index < -0.39 is 0 Å². The molecule has 0 saturated carbocycles. The van der Waals surface area contributed by atoms with Crippen molar-refractivity contribution in [2.45, 2.75) is 12.2 Å². The molecule has 0 aliphatic carbocycles. The minimum absolute atomic E-state index is 0. The molecular weight excluding hydrogens is 436 g/mol. The van der Waals surface area contributed by atoms with Gasteiger partial charge in [-0.05, 0) is 51.8 Å². The van der Waals surface area contributed by atoms with Crippen molar-refractivity contribution in [3.05, 3.63) is 62.5 Å². The molecular formula is C17H17BrCl3NO2. The lowest BCUT2D eigenvalue weighted by Gasteiger charge is -2.32. The largest absolute Gasteiger partial charge is 0.482 e. The molecule has 1 aliphatic rings. The van der Waals surface area contributed by atoms with Crippen LogP contribution in [0.15, 0.2) is 46.9 Å². The average molecular weight is 454 g/mol. The van der Waals surface area contributed by atoms with E-state index in [9.17, 15) is 0 Å². The van der Waals surface area contributed by atoms with Crippen LogP contribution in [0.2, 0.25) is 10.0 Å². The van der Waals surface area contributed by atoms with E-state index in [-0.39, 0.29) is 24.6 Å². The van der Waals surface area contributed by atoms with E-state index in [1.54, 1.807) is 6.07 Å². The van der Waals surface area contributed by atoms with Crippen LogP contribution in [0.1, 0.15) is 11.7 Å². The van der Waals surface area contributed by atoms with E-state index in [1.165, 1.54) is 0 Å². The third kappa shape index (κ3) is 5.01. The van der Waals surface area contributed by atoms with E-state index in [1.807, 2.05) is 36.4 Å². The molecule has 3 rings (SSSR count). The van der Waals surface area contributed by atoms with Crippen molar-refractivity contribution in [3.8, 4) is 5.75 Å². The van der Waals surface area contributed by atoms with Crippen LogP contribution >= 0.6 is 51.5 Å². The topological polar surface area (TPSA) is 30.5 Å². The van der Waals surface area contributed by atoms with Gasteiger partial charge in [0, 0.05) is 23.1 Å². The van der Waals surface area contributed by atoms with Crippen LogP contribution in [0.5, 0.6) is 5.75 Å². The third-order valence-corrected chi connectivity index (χ3v) is 4.75. The van der Waals surface area contributed by atoms with Crippen LogP contribution in [0.25, 0.3) is 0 Å². The van der Waals surface area contributed by atoms with Crippen molar-refractivity contribution in [3.63, 3.8) is 0 Å². The highest BCUT2D eigenvalue weighted by atomic mass is 79.9. The lowest BCUT2D eigenvalue weighted by atomic mass is 10.0. The van der Waals surface area contributed by atoms with Gasteiger partial charge in [-0.25, -0.2) is 0 Å². The number of benzene rings is 2. The fourth-order valence-corrected chi connectivity index (χ4v) is 3.40. The number of morpholine rings is 1. The Balaban J connectivity index is 0.00000208. The predicted octanol–water partition coefficient (Wildman–Crippen LogP) is 5.29. The first kappa shape index (κ1) is 19.8. The fraction of sp³-hybridized carbons (Fsp3) is 0.294. The molecule has 0 spiro atoms. The Morgan fingerprint density at radius 1 is 1.12 bits per heavy atom. The van der Waals surface area contributed by atoms with Gasteiger partial charge < -0.3 is 14.8 Å². The van der Waals surface area contributed by atoms with Gasteiger partial charge in [0.05, 0.1) is 11.1 Å². The molecule has 1 aliphatic heterocycles. The van der Waals surface area contributed by atoms with Crippen LogP contribution in [-0.4, -0.2) is 25.8 Å². The number of halogens is 4. The van der Waals surface area contributed by atoms with Crippen LogP contribution in [0.4, 0.5) is 0 Å². The third-order valence-electron chi connectivity index (χ3n) is 3.64. The first-order chi connectivity index (χ1) is 11.1. The Bertz CT molecular complexity index is 663. The van der Waals surface area contributed by atoms with E-state index in [2.05, 4.69) is 21.2 Å². The molecule has 2 atom stereocenters. The fourth-order valence-electron chi connectivity index (χ4n) is 2.50. The van der Waals surface area contributed by atoms with Gasteiger partial charge in [-0.3, -0.25) is 0 Å². The van der Waals surface area contributed by atoms with Gasteiger partial charge >= 0.3 is 0 Å². The van der Waals surface area contributed by atoms with E-state index in [0.29, 0.717) is 16.7 Å². The summed E-state index contributed by atoms with van der Waals surface area (Å²) in [5.74, 6) is 0.725. The van der Waals surface area contributed by atoms with Gasteiger partial charge in [-0.2, -0.15) is 0 Å². The summed E-state index contributed by atoms with van der Waals surface area (Å²) in [6, 6.07) is 13.1. The standard InChI is InChI=1S/C17H16BrCl2NO2.ClH/c18-14-9-13(20)5-6-15(14)23-17(16-10-21-7-8-22-16)11-1-3-12(19)4-2-11;/h1-6,9,16-17,21H,7-8,10H2;1H/t16-,17-;/m0./s1. The van der Waals surface area contributed by atoms with Crippen LogP contribution in [-0.2, 0) is 4.74 Å². The molecule has 1 fully saturated rings. The van der Waals surface area contributed by atoms with Gasteiger partial charge in [-0.15, -0.1) is 12.4 Å². The number of rotatable bonds is 4. The molecule has 1 N–H and O–H groups in total.